The van der Waals surface area contributed by atoms with E-state index in [-0.39, 0.29) is 18.0 Å². The molecular formula is C14H17FO3. The average molecular weight is 252 g/mol. The molecule has 0 aliphatic heterocycles. The molecule has 4 heteroatoms. The summed E-state index contributed by atoms with van der Waals surface area (Å²) in [7, 11) is 1.69. The first-order valence-electron chi connectivity index (χ1n) is 6.17. The van der Waals surface area contributed by atoms with Crippen molar-refractivity contribution in [3.05, 3.63) is 29.6 Å². The molecule has 1 aromatic rings. The summed E-state index contributed by atoms with van der Waals surface area (Å²) in [5.41, 5.74) is 0.318. The van der Waals surface area contributed by atoms with Gasteiger partial charge in [-0.3, -0.25) is 4.79 Å². The van der Waals surface area contributed by atoms with Gasteiger partial charge in [0.15, 0.2) is 11.6 Å². The SMILES string of the molecule is COC1CCCC(Oc2ccc(C=O)cc2F)C1. The van der Waals surface area contributed by atoms with E-state index in [1.165, 1.54) is 12.1 Å². The molecule has 2 rings (SSSR count). The zero-order chi connectivity index (χ0) is 13.0. The van der Waals surface area contributed by atoms with Crippen LogP contribution >= 0.6 is 0 Å². The Morgan fingerprint density at radius 2 is 2.11 bits per heavy atom. The number of methoxy groups -OCH3 is 1. The second-order valence-corrected chi connectivity index (χ2v) is 4.57. The van der Waals surface area contributed by atoms with Crippen LogP contribution < -0.4 is 4.74 Å². The third kappa shape index (κ3) is 3.07. The Morgan fingerprint density at radius 1 is 1.33 bits per heavy atom. The van der Waals surface area contributed by atoms with Crippen molar-refractivity contribution < 1.29 is 18.7 Å². The summed E-state index contributed by atoms with van der Waals surface area (Å²) in [6.45, 7) is 0. The molecule has 2 atom stereocenters. The molecule has 98 valence electrons. The van der Waals surface area contributed by atoms with Gasteiger partial charge >= 0.3 is 0 Å². The summed E-state index contributed by atoms with van der Waals surface area (Å²) in [6, 6.07) is 4.26. The second-order valence-electron chi connectivity index (χ2n) is 4.57. The Bertz CT molecular complexity index is 420. The van der Waals surface area contributed by atoms with Crippen LogP contribution in [0.2, 0.25) is 0 Å². The van der Waals surface area contributed by atoms with E-state index in [1.54, 1.807) is 13.2 Å². The summed E-state index contributed by atoms with van der Waals surface area (Å²) < 4.78 is 24.6. The molecule has 0 saturated heterocycles. The molecule has 3 nitrogen and oxygen atoms in total. The van der Waals surface area contributed by atoms with E-state index in [9.17, 15) is 9.18 Å². The minimum absolute atomic E-state index is 0.0136. The molecule has 1 aromatic carbocycles. The van der Waals surface area contributed by atoms with Crippen molar-refractivity contribution >= 4 is 6.29 Å². The molecule has 0 radical (unpaired) electrons. The maximum Gasteiger partial charge on any atom is 0.165 e. The van der Waals surface area contributed by atoms with Crippen LogP contribution in [0.3, 0.4) is 0 Å². The third-order valence-electron chi connectivity index (χ3n) is 3.30. The smallest absolute Gasteiger partial charge is 0.165 e. The van der Waals surface area contributed by atoms with Crippen LogP contribution in [0.25, 0.3) is 0 Å². The van der Waals surface area contributed by atoms with Gasteiger partial charge in [0.25, 0.3) is 0 Å². The van der Waals surface area contributed by atoms with Gasteiger partial charge in [0, 0.05) is 19.1 Å². The number of hydrogen-bond donors (Lipinski definition) is 0. The van der Waals surface area contributed by atoms with Gasteiger partial charge < -0.3 is 9.47 Å². The standard InChI is InChI=1S/C14H17FO3/c1-17-11-3-2-4-12(8-11)18-14-6-5-10(9-16)7-13(14)15/h5-7,9,11-12H,2-4,8H2,1H3. The molecule has 1 aliphatic carbocycles. The van der Waals surface area contributed by atoms with E-state index in [0.717, 1.165) is 25.7 Å². The fourth-order valence-corrected chi connectivity index (χ4v) is 2.29. The van der Waals surface area contributed by atoms with Crippen LogP contribution in [-0.4, -0.2) is 25.6 Å². The molecule has 0 N–H and O–H groups in total. The molecule has 1 saturated carbocycles. The fraction of sp³-hybridized carbons (Fsp3) is 0.500. The van der Waals surface area contributed by atoms with E-state index in [4.69, 9.17) is 9.47 Å². The second kappa shape index (κ2) is 5.96. The molecule has 1 fully saturated rings. The van der Waals surface area contributed by atoms with Crippen LogP contribution in [0.5, 0.6) is 5.75 Å². The molecule has 18 heavy (non-hydrogen) atoms. The lowest BCUT2D eigenvalue weighted by Crippen LogP contribution is -2.29. The van der Waals surface area contributed by atoms with Crippen LogP contribution in [0, 0.1) is 5.82 Å². The Kier molecular flexibility index (Phi) is 4.31. The van der Waals surface area contributed by atoms with Gasteiger partial charge in [-0.2, -0.15) is 0 Å². The first-order valence-corrected chi connectivity index (χ1v) is 6.17. The Labute approximate surface area is 106 Å². The van der Waals surface area contributed by atoms with Crippen LogP contribution in [0.4, 0.5) is 4.39 Å². The summed E-state index contributed by atoms with van der Waals surface area (Å²) >= 11 is 0. The first kappa shape index (κ1) is 13.0. The highest BCUT2D eigenvalue weighted by molar-refractivity contribution is 5.74. The fourth-order valence-electron chi connectivity index (χ4n) is 2.29. The van der Waals surface area contributed by atoms with Gasteiger partial charge in [0.1, 0.15) is 12.4 Å². The minimum atomic E-state index is -0.487. The van der Waals surface area contributed by atoms with Crippen LogP contribution in [-0.2, 0) is 4.74 Å². The maximum atomic E-state index is 13.7. The summed E-state index contributed by atoms with van der Waals surface area (Å²) in [5, 5.41) is 0. The average Bonchev–Trinajstić information content (AvgIpc) is 2.41. The van der Waals surface area contributed by atoms with Gasteiger partial charge in [0.2, 0.25) is 0 Å². The monoisotopic (exact) mass is 252 g/mol. The number of aldehydes is 1. The van der Waals surface area contributed by atoms with Crippen molar-refractivity contribution in [2.75, 3.05) is 7.11 Å². The van der Waals surface area contributed by atoms with Gasteiger partial charge in [-0.1, -0.05) is 0 Å². The van der Waals surface area contributed by atoms with Gasteiger partial charge in [-0.15, -0.1) is 0 Å². The molecule has 0 bridgehead atoms. The highest BCUT2D eigenvalue weighted by atomic mass is 19.1. The molecule has 0 aromatic heterocycles. The molecule has 1 aliphatic rings. The number of carbonyl (C=O) groups excluding carboxylic acids is 1. The minimum Gasteiger partial charge on any atom is -0.487 e. The largest absolute Gasteiger partial charge is 0.487 e. The predicted octanol–water partition coefficient (Wildman–Crippen LogP) is 2.97. The van der Waals surface area contributed by atoms with Crippen molar-refractivity contribution in [3.8, 4) is 5.75 Å². The third-order valence-corrected chi connectivity index (χ3v) is 3.30. The van der Waals surface area contributed by atoms with Crippen molar-refractivity contribution in [1.82, 2.24) is 0 Å². The lowest BCUT2D eigenvalue weighted by Gasteiger charge is -2.28. The lowest BCUT2D eigenvalue weighted by molar-refractivity contribution is 0.0197. The van der Waals surface area contributed by atoms with Crippen molar-refractivity contribution in [3.63, 3.8) is 0 Å². The van der Waals surface area contributed by atoms with E-state index >= 15 is 0 Å². The number of carbonyl (C=O) groups is 1. The van der Waals surface area contributed by atoms with Crippen LogP contribution in [0.15, 0.2) is 18.2 Å². The van der Waals surface area contributed by atoms with Gasteiger partial charge in [-0.05, 0) is 37.5 Å². The quantitative estimate of drug-likeness (QED) is 0.773. The zero-order valence-corrected chi connectivity index (χ0v) is 10.4. The van der Waals surface area contributed by atoms with Gasteiger partial charge in [-0.25, -0.2) is 4.39 Å². The lowest BCUT2D eigenvalue weighted by atomic mass is 9.95. The van der Waals surface area contributed by atoms with Crippen LogP contribution in [0.1, 0.15) is 36.0 Å². The normalized spacial score (nSPS) is 23.7. The van der Waals surface area contributed by atoms with E-state index in [1.807, 2.05) is 0 Å². The topological polar surface area (TPSA) is 35.5 Å². The van der Waals surface area contributed by atoms with Gasteiger partial charge in [0.05, 0.1) is 6.10 Å². The number of ether oxygens (including phenoxy) is 2. The first-order chi connectivity index (χ1) is 8.72. The predicted molar refractivity (Wildman–Crippen MR) is 65.5 cm³/mol. The van der Waals surface area contributed by atoms with E-state index in [2.05, 4.69) is 0 Å². The molecule has 0 spiro atoms. The summed E-state index contributed by atoms with van der Waals surface area (Å²) in [4.78, 5) is 10.5. The van der Waals surface area contributed by atoms with E-state index < -0.39 is 5.82 Å². The molecule has 0 amide bonds. The molecular weight excluding hydrogens is 235 g/mol. The summed E-state index contributed by atoms with van der Waals surface area (Å²) in [6.07, 6.45) is 4.55. The highest BCUT2D eigenvalue weighted by Gasteiger charge is 2.23. The summed E-state index contributed by atoms with van der Waals surface area (Å²) in [5.74, 6) is -0.276. The Balaban J connectivity index is 2.02. The Hall–Kier alpha value is -1.42. The number of rotatable bonds is 4. The molecule has 2 unspecified atom stereocenters. The molecule has 0 heterocycles. The number of hydrogen-bond acceptors (Lipinski definition) is 3. The van der Waals surface area contributed by atoms with Crippen molar-refractivity contribution in [1.29, 1.82) is 0 Å². The van der Waals surface area contributed by atoms with E-state index in [0.29, 0.717) is 11.8 Å². The Morgan fingerprint density at radius 3 is 2.78 bits per heavy atom. The van der Waals surface area contributed by atoms with Crippen molar-refractivity contribution in [2.24, 2.45) is 0 Å². The zero-order valence-electron chi connectivity index (χ0n) is 10.4. The number of benzene rings is 1. The maximum absolute atomic E-state index is 13.7. The van der Waals surface area contributed by atoms with Crippen molar-refractivity contribution in [2.45, 2.75) is 37.9 Å². The number of halogens is 1. The highest BCUT2D eigenvalue weighted by Crippen LogP contribution is 2.27.